The van der Waals surface area contributed by atoms with Crippen LogP contribution in [0.25, 0.3) is 0 Å². The lowest BCUT2D eigenvalue weighted by atomic mass is 9.80. The van der Waals surface area contributed by atoms with E-state index in [-0.39, 0.29) is 5.54 Å². The second-order valence-electron chi connectivity index (χ2n) is 5.60. The standard InChI is InChI=1S/C13H19BrN2O2S2/c14-11-4-5-12(19-11)20(17,18)16-9-8-15-10-13(16)6-2-1-3-7-13/h4-5,15H,1-3,6-10H2. The van der Waals surface area contributed by atoms with E-state index in [9.17, 15) is 8.42 Å². The maximum Gasteiger partial charge on any atom is 0.253 e. The normalized spacial score (nSPS) is 24.1. The Morgan fingerprint density at radius 3 is 2.65 bits per heavy atom. The maximum atomic E-state index is 13.0. The summed E-state index contributed by atoms with van der Waals surface area (Å²) in [7, 11) is -3.37. The Bertz CT molecular complexity index is 571. The summed E-state index contributed by atoms with van der Waals surface area (Å²) in [6.07, 6.45) is 5.43. The third-order valence-corrected chi connectivity index (χ3v) is 8.45. The van der Waals surface area contributed by atoms with Crippen LogP contribution in [0.15, 0.2) is 20.1 Å². The first-order chi connectivity index (χ1) is 9.55. The van der Waals surface area contributed by atoms with Crippen molar-refractivity contribution in [2.24, 2.45) is 0 Å². The molecule has 1 saturated carbocycles. The highest BCUT2D eigenvalue weighted by molar-refractivity contribution is 9.11. The van der Waals surface area contributed by atoms with E-state index in [0.29, 0.717) is 10.8 Å². The summed E-state index contributed by atoms with van der Waals surface area (Å²) >= 11 is 4.66. The Balaban J connectivity index is 1.97. The van der Waals surface area contributed by atoms with Crippen molar-refractivity contribution in [1.82, 2.24) is 9.62 Å². The molecule has 2 aliphatic rings. The van der Waals surface area contributed by atoms with Crippen LogP contribution in [0, 0.1) is 0 Å². The van der Waals surface area contributed by atoms with Gasteiger partial charge in [-0.2, -0.15) is 4.31 Å². The largest absolute Gasteiger partial charge is 0.314 e. The zero-order valence-electron chi connectivity index (χ0n) is 11.3. The van der Waals surface area contributed by atoms with Crippen molar-refractivity contribution >= 4 is 37.3 Å². The molecular weight excluding hydrogens is 360 g/mol. The third-order valence-electron chi connectivity index (χ3n) is 4.35. The highest BCUT2D eigenvalue weighted by atomic mass is 79.9. The molecule has 0 atom stereocenters. The van der Waals surface area contributed by atoms with Crippen LogP contribution < -0.4 is 5.32 Å². The highest BCUT2D eigenvalue weighted by Gasteiger charge is 2.46. The van der Waals surface area contributed by atoms with Crippen LogP contribution in [0.2, 0.25) is 0 Å². The minimum Gasteiger partial charge on any atom is -0.314 e. The topological polar surface area (TPSA) is 49.4 Å². The van der Waals surface area contributed by atoms with Gasteiger partial charge >= 0.3 is 0 Å². The van der Waals surface area contributed by atoms with Gasteiger partial charge in [-0.05, 0) is 40.9 Å². The van der Waals surface area contributed by atoms with Crippen LogP contribution in [0.4, 0.5) is 0 Å². The quantitative estimate of drug-likeness (QED) is 0.860. The molecule has 112 valence electrons. The zero-order valence-corrected chi connectivity index (χ0v) is 14.5. The lowest BCUT2D eigenvalue weighted by Gasteiger charge is -2.48. The van der Waals surface area contributed by atoms with Crippen LogP contribution in [0.3, 0.4) is 0 Å². The maximum absolute atomic E-state index is 13.0. The van der Waals surface area contributed by atoms with Crippen molar-refractivity contribution in [3.8, 4) is 0 Å². The molecule has 1 aromatic heterocycles. The van der Waals surface area contributed by atoms with Gasteiger partial charge in [0.25, 0.3) is 10.0 Å². The molecule has 0 radical (unpaired) electrons. The van der Waals surface area contributed by atoms with E-state index in [1.165, 1.54) is 17.8 Å². The molecule has 0 aromatic carbocycles. The summed E-state index contributed by atoms with van der Waals surface area (Å²) in [6.45, 7) is 2.12. The molecule has 2 fully saturated rings. The van der Waals surface area contributed by atoms with E-state index in [0.717, 1.165) is 42.6 Å². The molecule has 1 aliphatic carbocycles. The van der Waals surface area contributed by atoms with Gasteiger partial charge in [0.15, 0.2) is 0 Å². The lowest BCUT2D eigenvalue weighted by molar-refractivity contribution is 0.101. The molecule has 0 unspecified atom stereocenters. The SMILES string of the molecule is O=S(=O)(c1ccc(Br)s1)N1CCNCC12CCCCC2. The third kappa shape index (κ3) is 2.59. The molecule has 2 heterocycles. The van der Waals surface area contributed by atoms with Gasteiger partial charge in [-0.3, -0.25) is 0 Å². The van der Waals surface area contributed by atoms with E-state index in [1.54, 1.807) is 10.4 Å². The Labute approximate surface area is 132 Å². The number of nitrogens with zero attached hydrogens (tertiary/aromatic N) is 1. The molecule has 1 aromatic rings. The summed E-state index contributed by atoms with van der Waals surface area (Å²) in [5.41, 5.74) is -0.203. The van der Waals surface area contributed by atoms with Gasteiger partial charge < -0.3 is 5.32 Å². The van der Waals surface area contributed by atoms with E-state index < -0.39 is 10.0 Å². The number of hydrogen-bond acceptors (Lipinski definition) is 4. The zero-order chi connectivity index (χ0) is 14.2. The van der Waals surface area contributed by atoms with Gasteiger partial charge in [0.1, 0.15) is 4.21 Å². The monoisotopic (exact) mass is 378 g/mol. The average molecular weight is 379 g/mol. The van der Waals surface area contributed by atoms with E-state index in [1.807, 2.05) is 6.07 Å². The lowest BCUT2D eigenvalue weighted by Crippen LogP contribution is -2.63. The van der Waals surface area contributed by atoms with E-state index >= 15 is 0 Å². The fourth-order valence-electron chi connectivity index (χ4n) is 3.38. The molecule has 1 aliphatic heterocycles. The molecule has 3 rings (SSSR count). The first-order valence-electron chi connectivity index (χ1n) is 7.04. The molecule has 20 heavy (non-hydrogen) atoms. The van der Waals surface area contributed by atoms with Crippen LogP contribution in [-0.4, -0.2) is 37.9 Å². The van der Waals surface area contributed by atoms with Crippen molar-refractivity contribution in [2.75, 3.05) is 19.6 Å². The van der Waals surface area contributed by atoms with Gasteiger partial charge in [0.05, 0.1) is 3.79 Å². The van der Waals surface area contributed by atoms with Gasteiger partial charge in [-0.25, -0.2) is 8.42 Å². The van der Waals surface area contributed by atoms with Crippen molar-refractivity contribution in [1.29, 1.82) is 0 Å². The summed E-state index contributed by atoms with van der Waals surface area (Å²) < 4.78 is 29.0. The first-order valence-corrected chi connectivity index (χ1v) is 10.1. The van der Waals surface area contributed by atoms with Crippen LogP contribution in [-0.2, 0) is 10.0 Å². The smallest absolute Gasteiger partial charge is 0.253 e. The Morgan fingerprint density at radius 2 is 2.00 bits per heavy atom. The molecule has 1 spiro atoms. The Morgan fingerprint density at radius 1 is 1.25 bits per heavy atom. The van der Waals surface area contributed by atoms with Crippen molar-refractivity contribution in [2.45, 2.75) is 41.9 Å². The van der Waals surface area contributed by atoms with Crippen LogP contribution in [0.5, 0.6) is 0 Å². The average Bonchev–Trinajstić information content (AvgIpc) is 2.87. The van der Waals surface area contributed by atoms with Crippen LogP contribution in [0.1, 0.15) is 32.1 Å². The molecule has 1 N–H and O–H groups in total. The van der Waals surface area contributed by atoms with Gasteiger partial charge in [-0.15, -0.1) is 11.3 Å². The summed E-state index contributed by atoms with van der Waals surface area (Å²) in [4.78, 5) is 0. The number of piperazine rings is 1. The molecule has 4 nitrogen and oxygen atoms in total. The number of sulfonamides is 1. The molecule has 0 amide bonds. The predicted octanol–water partition coefficient (Wildman–Crippen LogP) is 2.81. The summed E-state index contributed by atoms with van der Waals surface area (Å²) in [6, 6.07) is 3.52. The summed E-state index contributed by atoms with van der Waals surface area (Å²) in [5, 5.41) is 3.39. The van der Waals surface area contributed by atoms with Gasteiger partial charge in [0.2, 0.25) is 0 Å². The van der Waals surface area contributed by atoms with E-state index in [2.05, 4.69) is 21.2 Å². The second kappa shape index (κ2) is 5.68. The predicted molar refractivity (Wildman–Crippen MR) is 84.6 cm³/mol. The summed E-state index contributed by atoms with van der Waals surface area (Å²) in [5.74, 6) is 0. The van der Waals surface area contributed by atoms with Crippen molar-refractivity contribution in [3.63, 3.8) is 0 Å². The minimum absolute atomic E-state index is 0.203. The number of thiophene rings is 1. The van der Waals surface area contributed by atoms with Crippen molar-refractivity contribution in [3.05, 3.63) is 15.9 Å². The second-order valence-corrected chi connectivity index (χ2v) is 10.1. The highest BCUT2D eigenvalue weighted by Crippen LogP contribution is 2.39. The fourth-order valence-corrected chi connectivity index (χ4v) is 7.33. The molecule has 0 bridgehead atoms. The Kier molecular flexibility index (Phi) is 4.25. The number of nitrogens with one attached hydrogen (secondary N) is 1. The minimum atomic E-state index is -3.37. The molecular formula is C13H19BrN2O2S2. The number of hydrogen-bond donors (Lipinski definition) is 1. The fraction of sp³-hybridized carbons (Fsp3) is 0.692. The van der Waals surface area contributed by atoms with Crippen molar-refractivity contribution < 1.29 is 8.42 Å². The van der Waals surface area contributed by atoms with E-state index in [4.69, 9.17) is 0 Å². The first kappa shape index (κ1) is 15.0. The number of rotatable bonds is 2. The van der Waals surface area contributed by atoms with Gasteiger partial charge in [-0.1, -0.05) is 19.3 Å². The number of halogens is 1. The van der Waals surface area contributed by atoms with Crippen LogP contribution >= 0.6 is 27.3 Å². The molecule has 7 heteroatoms. The molecule has 1 saturated heterocycles. The Hall–Kier alpha value is 0.0500. The van der Waals surface area contributed by atoms with Gasteiger partial charge in [0, 0.05) is 25.2 Å².